The van der Waals surface area contributed by atoms with Gasteiger partial charge in [-0.1, -0.05) is 30.3 Å². The Morgan fingerprint density at radius 3 is 2.22 bits per heavy atom. The molecule has 4 heteroatoms. The van der Waals surface area contributed by atoms with Gasteiger partial charge in [-0.15, -0.1) is 0 Å². The van der Waals surface area contributed by atoms with Crippen molar-refractivity contribution >= 4 is 0 Å². The Morgan fingerprint density at radius 1 is 1.00 bits per heavy atom. The number of rotatable bonds is 7. The second kappa shape index (κ2) is 9.25. The minimum atomic E-state index is 0.566. The number of likely N-dealkylation sites (tertiary alicyclic amines) is 1. The van der Waals surface area contributed by atoms with Crippen LogP contribution in [0.3, 0.4) is 0 Å². The fourth-order valence-electron chi connectivity index (χ4n) is 3.83. The highest BCUT2D eigenvalue weighted by atomic mass is 16.5. The lowest BCUT2D eigenvalue weighted by atomic mass is 9.97. The maximum absolute atomic E-state index is 5.54. The molecule has 1 aliphatic rings. The molecule has 0 radical (unpaired) electrons. The van der Waals surface area contributed by atoms with Crippen molar-refractivity contribution in [3.8, 4) is 22.6 Å². The number of hydrogen-bond donors (Lipinski definition) is 1. The Morgan fingerprint density at radius 2 is 1.63 bits per heavy atom. The molecule has 2 aromatic carbocycles. The molecule has 4 nitrogen and oxygen atoms in total. The summed E-state index contributed by atoms with van der Waals surface area (Å²) in [5.41, 5.74) is 3.63. The zero-order valence-electron chi connectivity index (χ0n) is 17.0. The van der Waals surface area contributed by atoms with E-state index in [9.17, 15) is 0 Å². The van der Waals surface area contributed by atoms with Crippen LogP contribution in [-0.2, 0) is 6.54 Å². The summed E-state index contributed by atoms with van der Waals surface area (Å²) in [6, 6.07) is 15.9. The van der Waals surface area contributed by atoms with Crippen LogP contribution in [0, 0.1) is 0 Å². The molecule has 2 aromatic rings. The highest BCUT2D eigenvalue weighted by molar-refractivity contribution is 5.71. The average molecular weight is 369 g/mol. The third-order valence-electron chi connectivity index (χ3n) is 5.54. The second-order valence-corrected chi connectivity index (χ2v) is 7.52. The average Bonchev–Trinajstić information content (AvgIpc) is 2.72. The molecular formula is C23H32N2O2. The predicted molar refractivity (Wildman–Crippen MR) is 112 cm³/mol. The molecule has 1 N–H and O–H groups in total. The highest BCUT2D eigenvalue weighted by Gasteiger charge is 2.21. The summed E-state index contributed by atoms with van der Waals surface area (Å²) in [6.07, 6.45) is 2.40. The predicted octanol–water partition coefficient (Wildman–Crippen LogP) is 4.33. The van der Waals surface area contributed by atoms with Gasteiger partial charge in [-0.2, -0.15) is 0 Å². The Kier molecular flexibility index (Phi) is 6.75. The summed E-state index contributed by atoms with van der Waals surface area (Å²) >= 11 is 0. The standard InChI is InChI=1S/C23H32N2O2/c1-17(2)25-12-10-20(11-13-25)24-16-19-14-22(26-3)23(27-4)15-21(19)18-8-6-5-7-9-18/h5-9,14-15,17,20,24H,10-13,16H2,1-4H3. The first-order valence-electron chi connectivity index (χ1n) is 9.90. The Hall–Kier alpha value is -2.04. The van der Waals surface area contributed by atoms with E-state index in [2.05, 4.69) is 60.5 Å². The molecule has 1 fully saturated rings. The van der Waals surface area contributed by atoms with Gasteiger partial charge in [0.05, 0.1) is 14.2 Å². The molecule has 1 heterocycles. The van der Waals surface area contributed by atoms with Crippen LogP contribution >= 0.6 is 0 Å². The summed E-state index contributed by atoms with van der Waals surface area (Å²) in [7, 11) is 3.38. The van der Waals surface area contributed by atoms with Crippen LogP contribution in [0.2, 0.25) is 0 Å². The van der Waals surface area contributed by atoms with Crippen molar-refractivity contribution in [2.75, 3.05) is 27.3 Å². The van der Waals surface area contributed by atoms with Crippen molar-refractivity contribution < 1.29 is 9.47 Å². The molecule has 0 aromatic heterocycles. The summed E-state index contributed by atoms with van der Waals surface area (Å²) in [4.78, 5) is 2.56. The molecule has 146 valence electrons. The maximum atomic E-state index is 5.54. The monoisotopic (exact) mass is 368 g/mol. The fourth-order valence-corrected chi connectivity index (χ4v) is 3.83. The number of nitrogens with one attached hydrogen (secondary N) is 1. The van der Waals surface area contributed by atoms with Gasteiger partial charge in [-0.25, -0.2) is 0 Å². The third kappa shape index (κ3) is 4.82. The van der Waals surface area contributed by atoms with E-state index in [1.807, 2.05) is 6.07 Å². The van der Waals surface area contributed by atoms with Crippen LogP contribution in [0.15, 0.2) is 42.5 Å². The molecule has 1 saturated heterocycles. The first-order valence-corrected chi connectivity index (χ1v) is 9.90. The SMILES string of the molecule is COc1cc(CNC2CCN(C(C)C)CC2)c(-c2ccccc2)cc1OC. The Bertz CT molecular complexity index is 723. The number of nitrogens with zero attached hydrogens (tertiary/aromatic N) is 1. The van der Waals surface area contributed by atoms with Crippen LogP contribution in [0.5, 0.6) is 11.5 Å². The molecule has 0 amide bonds. The van der Waals surface area contributed by atoms with Gasteiger partial charge in [0.25, 0.3) is 0 Å². The van der Waals surface area contributed by atoms with Crippen molar-refractivity contribution in [2.24, 2.45) is 0 Å². The van der Waals surface area contributed by atoms with E-state index in [-0.39, 0.29) is 0 Å². The lowest BCUT2D eigenvalue weighted by Crippen LogP contribution is -2.44. The van der Waals surface area contributed by atoms with Gasteiger partial charge in [0.15, 0.2) is 11.5 Å². The molecule has 0 spiro atoms. The Labute approximate surface area is 163 Å². The van der Waals surface area contributed by atoms with Crippen molar-refractivity contribution in [1.29, 1.82) is 0 Å². The molecule has 0 unspecified atom stereocenters. The van der Waals surface area contributed by atoms with Crippen LogP contribution in [0.25, 0.3) is 11.1 Å². The van der Waals surface area contributed by atoms with E-state index in [4.69, 9.17) is 9.47 Å². The minimum absolute atomic E-state index is 0.566. The third-order valence-corrected chi connectivity index (χ3v) is 5.54. The molecule has 1 aliphatic heterocycles. The maximum Gasteiger partial charge on any atom is 0.161 e. The van der Waals surface area contributed by atoms with Gasteiger partial charge in [-0.3, -0.25) is 0 Å². The summed E-state index contributed by atoms with van der Waals surface area (Å²) in [5, 5.41) is 3.77. The van der Waals surface area contributed by atoms with Crippen LogP contribution in [-0.4, -0.2) is 44.3 Å². The molecule has 0 bridgehead atoms. The normalized spacial score (nSPS) is 15.9. The van der Waals surface area contributed by atoms with E-state index in [1.165, 1.54) is 42.6 Å². The number of benzene rings is 2. The first kappa shape index (κ1) is 19.7. The van der Waals surface area contributed by atoms with Crippen molar-refractivity contribution in [1.82, 2.24) is 10.2 Å². The zero-order chi connectivity index (χ0) is 19.2. The van der Waals surface area contributed by atoms with Crippen LogP contribution in [0.4, 0.5) is 0 Å². The van der Waals surface area contributed by atoms with Crippen LogP contribution < -0.4 is 14.8 Å². The van der Waals surface area contributed by atoms with Crippen molar-refractivity contribution in [2.45, 2.75) is 45.3 Å². The zero-order valence-corrected chi connectivity index (χ0v) is 17.0. The van der Waals surface area contributed by atoms with E-state index in [1.54, 1.807) is 14.2 Å². The van der Waals surface area contributed by atoms with Gasteiger partial charge in [-0.05, 0) is 68.6 Å². The van der Waals surface area contributed by atoms with Gasteiger partial charge < -0.3 is 19.7 Å². The minimum Gasteiger partial charge on any atom is -0.493 e. The molecular weight excluding hydrogens is 336 g/mol. The molecule has 27 heavy (non-hydrogen) atoms. The van der Waals surface area contributed by atoms with Gasteiger partial charge in [0.2, 0.25) is 0 Å². The summed E-state index contributed by atoms with van der Waals surface area (Å²) < 4.78 is 11.1. The molecule has 3 rings (SSSR count). The number of piperidine rings is 1. The van der Waals surface area contributed by atoms with Gasteiger partial charge in [0, 0.05) is 18.6 Å². The summed E-state index contributed by atoms with van der Waals surface area (Å²) in [5.74, 6) is 1.55. The largest absolute Gasteiger partial charge is 0.493 e. The number of ether oxygens (including phenoxy) is 2. The quantitative estimate of drug-likeness (QED) is 0.788. The van der Waals surface area contributed by atoms with E-state index < -0.39 is 0 Å². The van der Waals surface area contributed by atoms with E-state index >= 15 is 0 Å². The Balaban J connectivity index is 1.77. The van der Waals surface area contributed by atoms with Crippen molar-refractivity contribution in [3.63, 3.8) is 0 Å². The van der Waals surface area contributed by atoms with E-state index in [0.717, 1.165) is 18.0 Å². The fraction of sp³-hybridized carbons (Fsp3) is 0.478. The van der Waals surface area contributed by atoms with Crippen LogP contribution in [0.1, 0.15) is 32.3 Å². The van der Waals surface area contributed by atoms with Gasteiger partial charge >= 0.3 is 0 Å². The van der Waals surface area contributed by atoms with Gasteiger partial charge in [0.1, 0.15) is 0 Å². The lowest BCUT2D eigenvalue weighted by molar-refractivity contribution is 0.161. The first-order chi connectivity index (χ1) is 13.1. The number of methoxy groups -OCH3 is 2. The highest BCUT2D eigenvalue weighted by Crippen LogP contribution is 2.35. The topological polar surface area (TPSA) is 33.7 Å². The number of hydrogen-bond acceptors (Lipinski definition) is 4. The summed E-state index contributed by atoms with van der Waals surface area (Å²) in [6.45, 7) is 7.74. The molecule has 0 atom stereocenters. The lowest BCUT2D eigenvalue weighted by Gasteiger charge is -2.35. The smallest absolute Gasteiger partial charge is 0.161 e. The molecule has 0 saturated carbocycles. The second-order valence-electron chi connectivity index (χ2n) is 7.52. The van der Waals surface area contributed by atoms with E-state index in [0.29, 0.717) is 12.1 Å². The van der Waals surface area contributed by atoms with Crippen molar-refractivity contribution in [3.05, 3.63) is 48.0 Å². The molecule has 0 aliphatic carbocycles.